The van der Waals surface area contributed by atoms with E-state index in [9.17, 15) is 4.79 Å². The van der Waals surface area contributed by atoms with Crippen LogP contribution in [0.15, 0.2) is 59.2 Å². The highest BCUT2D eigenvalue weighted by Crippen LogP contribution is 2.28. The summed E-state index contributed by atoms with van der Waals surface area (Å²) in [5, 5.41) is 31.3. The van der Waals surface area contributed by atoms with Crippen molar-refractivity contribution >= 4 is 34.1 Å². The Balaban J connectivity index is 1.28. The number of aromatic nitrogens is 6. The van der Waals surface area contributed by atoms with Crippen LogP contribution in [0.3, 0.4) is 0 Å². The van der Waals surface area contributed by atoms with Gasteiger partial charge in [0.2, 0.25) is 11.0 Å². The minimum atomic E-state index is -0.162. The first kappa shape index (κ1) is 19.7. The van der Waals surface area contributed by atoms with E-state index in [4.69, 9.17) is 5.26 Å². The van der Waals surface area contributed by atoms with Crippen molar-refractivity contribution in [2.75, 3.05) is 5.32 Å². The van der Waals surface area contributed by atoms with Crippen LogP contribution in [0.5, 0.6) is 0 Å². The number of hydrogen-bond donors (Lipinski definition) is 1. The lowest BCUT2D eigenvalue weighted by molar-refractivity contribution is -0.115. The first-order chi connectivity index (χ1) is 14.7. The molecular weight excluding hydrogens is 420 g/mol. The normalized spacial score (nSPS) is 10.5. The lowest BCUT2D eigenvalue weighted by Crippen LogP contribution is -2.14. The van der Waals surface area contributed by atoms with Gasteiger partial charge in [-0.1, -0.05) is 47.4 Å². The van der Waals surface area contributed by atoms with E-state index in [0.29, 0.717) is 16.4 Å². The van der Waals surface area contributed by atoms with E-state index < -0.39 is 0 Å². The third-order valence-electron chi connectivity index (χ3n) is 4.01. The fourth-order valence-electron chi connectivity index (χ4n) is 2.53. The van der Waals surface area contributed by atoms with Crippen molar-refractivity contribution < 1.29 is 4.79 Å². The topological polar surface area (TPSA) is 122 Å². The Morgan fingerprint density at radius 3 is 2.57 bits per heavy atom. The molecule has 0 spiro atoms. The number of rotatable bonds is 7. The van der Waals surface area contributed by atoms with E-state index in [1.165, 1.54) is 29.4 Å². The summed E-state index contributed by atoms with van der Waals surface area (Å²) < 4.78 is 2.31. The first-order valence-electron chi connectivity index (χ1n) is 8.77. The number of hydrogen-bond acceptors (Lipinski definition) is 9. The Morgan fingerprint density at radius 1 is 1.10 bits per heavy atom. The lowest BCUT2D eigenvalue weighted by Gasteiger charge is -2.03. The number of nitriles is 1. The van der Waals surface area contributed by atoms with E-state index in [1.54, 1.807) is 16.8 Å². The zero-order chi connectivity index (χ0) is 20.8. The van der Waals surface area contributed by atoms with E-state index in [2.05, 4.69) is 37.1 Å². The van der Waals surface area contributed by atoms with Gasteiger partial charge < -0.3 is 5.32 Å². The minimum absolute atomic E-state index is 0.162. The van der Waals surface area contributed by atoms with Gasteiger partial charge in [0.05, 0.1) is 23.7 Å². The predicted molar refractivity (Wildman–Crippen MR) is 112 cm³/mol. The number of nitrogens with one attached hydrogen (secondary N) is 1. The minimum Gasteiger partial charge on any atom is -0.300 e. The summed E-state index contributed by atoms with van der Waals surface area (Å²) in [5.41, 5.74) is 3.40. The molecule has 2 aromatic heterocycles. The van der Waals surface area contributed by atoms with E-state index in [-0.39, 0.29) is 12.3 Å². The quantitative estimate of drug-likeness (QED) is 0.348. The maximum atomic E-state index is 12.3. The van der Waals surface area contributed by atoms with Gasteiger partial charge >= 0.3 is 0 Å². The second kappa shape index (κ2) is 9.25. The standard InChI is InChI=1S/C19H14N8OS2/c20-10-14-1-3-15(4-2-14)11-29-19-24-23-18(30-19)22-17(28)9-13-5-7-16(8-6-13)27-12-21-25-26-27/h1-8,12H,9,11H2,(H,22,23,28). The first-order valence-corrected chi connectivity index (χ1v) is 10.6. The average Bonchev–Trinajstić information content (AvgIpc) is 3.45. The number of benzene rings is 2. The molecule has 2 heterocycles. The molecule has 0 aliphatic carbocycles. The second-order valence-electron chi connectivity index (χ2n) is 6.12. The summed E-state index contributed by atoms with van der Waals surface area (Å²) in [6.07, 6.45) is 1.73. The molecule has 0 radical (unpaired) electrons. The highest BCUT2D eigenvalue weighted by atomic mass is 32.2. The van der Waals surface area contributed by atoms with Crippen molar-refractivity contribution in [2.24, 2.45) is 0 Å². The Bertz CT molecular complexity index is 1160. The summed E-state index contributed by atoms with van der Waals surface area (Å²) in [4.78, 5) is 12.3. The number of tetrazole rings is 1. The lowest BCUT2D eigenvalue weighted by atomic mass is 10.1. The Morgan fingerprint density at radius 2 is 1.87 bits per heavy atom. The van der Waals surface area contributed by atoms with Crippen LogP contribution in [0.1, 0.15) is 16.7 Å². The molecule has 4 rings (SSSR count). The Kier molecular flexibility index (Phi) is 6.07. The van der Waals surface area contributed by atoms with Crippen molar-refractivity contribution in [3.8, 4) is 11.8 Å². The number of anilines is 1. The summed E-state index contributed by atoms with van der Waals surface area (Å²) in [6, 6.07) is 16.9. The molecule has 30 heavy (non-hydrogen) atoms. The molecule has 0 bridgehead atoms. The summed E-state index contributed by atoms with van der Waals surface area (Å²) in [5.74, 6) is 0.548. The molecule has 11 heteroatoms. The molecule has 1 amide bonds. The van der Waals surface area contributed by atoms with Crippen molar-refractivity contribution in [1.29, 1.82) is 5.26 Å². The second-order valence-corrected chi connectivity index (χ2v) is 8.32. The van der Waals surface area contributed by atoms with Gasteiger partial charge in [-0.2, -0.15) is 5.26 Å². The van der Waals surface area contributed by atoms with E-state index in [0.717, 1.165) is 21.2 Å². The number of carbonyl (C=O) groups is 1. The molecular formula is C19H14N8OS2. The number of thioether (sulfide) groups is 1. The van der Waals surface area contributed by atoms with Gasteiger partial charge in [-0.05, 0) is 45.8 Å². The van der Waals surface area contributed by atoms with Crippen molar-refractivity contribution in [2.45, 2.75) is 16.5 Å². The van der Waals surface area contributed by atoms with Gasteiger partial charge in [0.25, 0.3) is 0 Å². The number of amides is 1. The molecule has 148 valence electrons. The Hall–Kier alpha value is -3.62. The zero-order valence-electron chi connectivity index (χ0n) is 15.5. The summed E-state index contributed by atoms with van der Waals surface area (Å²) in [7, 11) is 0. The Labute approximate surface area is 179 Å². The highest BCUT2D eigenvalue weighted by Gasteiger charge is 2.10. The molecule has 9 nitrogen and oxygen atoms in total. The van der Waals surface area contributed by atoms with Crippen LogP contribution in [-0.2, 0) is 17.0 Å². The number of nitrogens with zero attached hydrogens (tertiary/aromatic N) is 7. The maximum absolute atomic E-state index is 12.3. The molecule has 0 aliphatic rings. The van der Waals surface area contributed by atoms with Crippen LogP contribution < -0.4 is 5.32 Å². The largest absolute Gasteiger partial charge is 0.300 e. The van der Waals surface area contributed by atoms with Crippen LogP contribution >= 0.6 is 23.1 Å². The fourth-order valence-corrected chi connectivity index (χ4v) is 4.26. The molecule has 0 atom stereocenters. The van der Waals surface area contributed by atoms with Gasteiger partial charge in [-0.15, -0.1) is 15.3 Å². The van der Waals surface area contributed by atoms with Crippen LogP contribution in [0.2, 0.25) is 0 Å². The summed E-state index contributed by atoms with van der Waals surface area (Å²) in [6.45, 7) is 0. The summed E-state index contributed by atoms with van der Waals surface area (Å²) >= 11 is 2.86. The third-order valence-corrected chi connectivity index (χ3v) is 6.06. The monoisotopic (exact) mass is 434 g/mol. The van der Waals surface area contributed by atoms with E-state index >= 15 is 0 Å². The SMILES string of the molecule is N#Cc1ccc(CSc2nnc(NC(=O)Cc3ccc(-n4cnnn4)cc3)s2)cc1. The van der Waals surface area contributed by atoms with E-state index in [1.807, 2.05) is 36.4 Å². The number of carbonyl (C=O) groups excluding carboxylic acids is 1. The van der Waals surface area contributed by atoms with Crippen LogP contribution in [0.25, 0.3) is 5.69 Å². The van der Waals surface area contributed by atoms with Crippen LogP contribution in [0.4, 0.5) is 5.13 Å². The highest BCUT2D eigenvalue weighted by molar-refractivity contribution is 8.00. The zero-order valence-corrected chi connectivity index (χ0v) is 17.1. The molecule has 0 fully saturated rings. The maximum Gasteiger partial charge on any atom is 0.230 e. The van der Waals surface area contributed by atoms with Gasteiger partial charge in [-0.3, -0.25) is 4.79 Å². The molecule has 1 N–H and O–H groups in total. The van der Waals surface area contributed by atoms with Crippen molar-refractivity contribution in [3.05, 3.63) is 71.5 Å². The fraction of sp³-hybridized carbons (Fsp3) is 0.105. The van der Waals surface area contributed by atoms with Gasteiger partial charge in [-0.25, -0.2) is 4.68 Å². The average molecular weight is 435 g/mol. The molecule has 0 aliphatic heterocycles. The van der Waals surface area contributed by atoms with Crippen molar-refractivity contribution in [3.63, 3.8) is 0 Å². The third kappa shape index (κ3) is 5.05. The smallest absolute Gasteiger partial charge is 0.230 e. The molecule has 0 saturated carbocycles. The molecule has 4 aromatic rings. The van der Waals surface area contributed by atoms with Crippen LogP contribution in [0, 0.1) is 11.3 Å². The van der Waals surface area contributed by atoms with Gasteiger partial charge in [0, 0.05) is 5.75 Å². The molecule has 0 unspecified atom stereocenters. The molecule has 2 aromatic carbocycles. The van der Waals surface area contributed by atoms with Gasteiger partial charge in [0.1, 0.15) is 6.33 Å². The predicted octanol–water partition coefficient (Wildman–Crippen LogP) is 2.86. The van der Waals surface area contributed by atoms with Crippen molar-refractivity contribution in [1.82, 2.24) is 30.4 Å². The van der Waals surface area contributed by atoms with Crippen LogP contribution in [-0.4, -0.2) is 36.3 Å². The molecule has 0 saturated heterocycles. The van der Waals surface area contributed by atoms with Gasteiger partial charge in [0.15, 0.2) is 4.34 Å².